The fraction of sp³-hybridized carbons (Fsp3) is 0.467. The van der Waals surface area contributed by atoms with Crippen molar-refractivity contribution in [3.8, 4) is 0 Å². The molecule has 1 saturated heterocycles. The van der Waals surface area contributed by atoms with E-state index in [0.29, 0.717) is 24.9 Å². The van der Waals surface area contributed by atoms with Crippen molar-refractivity contribution in [2.75, 3.05) is 31.6 Å². The molecule has 112 valence electrons. The molecule has 1 aromatic carbocycles. The lowest BCUT2D eigenvalue weighted by Gasteiger charge is -2.30. The first-order valence-corrected chi connectivity index (χ1v) is 7.30. The van der Waals surface area contributed by atoms with Gasteiger partial charge >= 0.3 is 0 Å². The smallest absolute Gasteiger partial charge is 0.246 e. The van der Waals surface area contributed by atoms with Crippen LogP contribution in [0.2, 0.25) is 0 Å². The van der Waals surface area contributed by atoms with E-state index in [-0.39, 0.29) is 6.10 Å². The van der Waals surface area contributed by atoms with Crippen molar-refractivity contribution in [3.63, 3.8) is 0 Å². The summed E-state index contributed by atoms with van der Waals surface area (Å²) >= 11 is 0. The van der Waals surface area contributed by atoms with Crippen LogP contribution in [0, 0.1) is 0 Å². The van der Waals surface area contributed by atoms with Crippen LogP contribution in [0.25, 0.3) is 0 Å². The summed E-state index contributed by atoms with van der Waals surface area (Å²) in [6, 6.07) is 9.95. The van der Waals surface area contributed by atoms with Crippen molar-refractivity contribution >= 4 is 5.69 Å². The van der Waals surface area contributed by atoms with E-state index in [9.17, 15) is 0 Å². The number of anilines is 1. The van der Waals surface area contributed by atoms with Crippen LogP contribution < -0.4 is 5.32 Å². The van der Waals surface area contributed by atoms with Crippen molar-refractivity contribution in [2.24, 2.45) is 0 Å². The Morgan fingerprint density at radius 2 is 2.19 bits per heavy atom. The molecule has 0 aliphatic carbocycles. The summed E-state index contributed by atoms with van der Waals surface area (Å²) in [4.78, 5) is 6.75. The lowest BCUT2D eigenvalue weighted by atomic mass is 10.2. The first-order chi connectivity index (χ1) is 10.3. The van der Waals surface area contributed by atoms with Crippen molar-refractivity contribution in [2.45, 2.75) is 19.6 Å². The molecule has 0 spiro atoms. The normalized spacial score (nSPS) is 19.6. The van der Waals surface area contributed by atoms with E-state index >= 15 is 0 Å². The van der Waals surface area contributed by atoms with Gasteiger partial charge in [-0.3, -0.25) is 4.90 Å². The Balaban J connectivity index is 1.58. The third-order valence-electron chi connectivity index (χ3n) is 3.59. The number of nitrogens with one attached hydrogen (secondary N) is 1. The van der Waals surface area contributed by atoms with Crippen LogP contribution in [0.15, 0.2) is 34.9 Å². The van der Waals surface area contributed by atoms with E-state index < -0.39 is 0 Å². The first kappa shape index (κ1) is 14.0. The minimum Gasteiger partial charge on any atom is -0.376 e. The third-order valence-corrected chi connectivity index (χ3v) is 3.59. The van der Waals surface area contributed by atoms with Crippen LogP contribution in [0.1, 0.15) is 24.7 Å². The molecule has 2 heterocycles. The summed E-state index contributed by atoms with van der Waals surface area (Å²) in [5.74, 6) is 1.21. The Kier molecular flexibility index (Phi) is 4.47. The number of aromatic nitrogens is 2. The molecule has 1 unspecified atom stereocenters. The molecule has 1 aliphatic rings. The number of para-hydroxylation sites is 1. The fourth-order valence-electron chi connectivity index (χ4n) is 2.35. The summed E-state index contributed by atoms with van der Waals surface area (Å²) in [6.45, 7) is 6.18. The largest absolute Gasteiger partial charge is 0.376 e. The van der Waals surface area contributed by atoms with Gasteiger partial charge in [0.1, 0.15) is 6.10 Å². The monoisotopic (exact) mass is 288 g/mol. The average molecular weight is 288 g/mol. The molecule has 1 atom stereocenters. The summed E-state index contributed by atoms with van der Waals surface area (Å²) in [5.41, 5.74) is 1.03. The number of hydrogen-bond acceptors (Lipinski definition) is 6. The van der Waals surface area contributed by atoms with Gasteiger partial charge < -0.3 is 14.6 Å². The van der Waals surface area contributed by atoms with Gasteiger partial charge in [0.25, 0.3) is 0 Å². The number of hydrogen-bond donors (Lipinski definition) is 1. The molecule has 0 radical (unpaired) electrons. The van der Waals surface area contributed by atoms with Gasteiger partial charge in [-0.05, 0) is 18.7 Å². The molecule has 6 nitrogen and oxygen atoms in total. The lowest BCUT2D eigenvalue weighted by Crippen LogP contribution is -2.38. The van der Waals surface area contributed by atoms with Gasteiger partial charge in [-0.1, -0.05) is 30.3 Å². The number of rotatable bonds is 5. The summed E-state index contributed by atoms with van der Waals surface area (Å²) in [5, 5.41) is 7.29. The second-order valence-corrected chi connectivity index (χ2v) is 5.02. The molecule has 1 N–H and O–H groups in total. The van der Waals surface area contributed by atoms with Crippen LogP contribution in [-0.2, 0) is 11.3 Å². The van der Waals surface area contributed by atoms with Crippen LogP contribution in [0.3, 0.4) is 0 Å². The van der Waals surface area contributed by atoms with E-state index in [0.717, 1.165) is 25.3 Å². The molecular weight excluding hydrogens is 268 g/mol. The Morgan fingerprint density at radius 1 is 1.33 bits per heavy atom. The quantitative estimate of drug-likeness (QED) is 0.908. The maximum absolute atomic E-state index is 5.73. The van der Waals surface area contributed by atoms with E-state index in [1.54, 1.807) is 0 Å². The Morgan fingerprint density at radius 3 is 3.00 bits per heavy atom. The zero-order valence-electron chi connectivity index (χ0n) is 12.2. The highest BCUT2D eigenvalue weighted by Crippen LogP contribution is 2.19. The first-order valence-electron chi connectivity index (χ1n) is 7.30. The predicted molar refractivity (Wildman–Crippen MR) is 78.9 cm³/mol. The second kappa shape index (κ2) is 6.69. The molecule has 0 bridgehead atoms. The van der Waals surface area contributed by atoms with Crippen LogP contribution in [0.5, 0.6) is 0 Å². The van der Waals surface area contributed by atoms with Crippen molar-refractivity contribution < 1.29 is 9.26 Å². The standard InChI is InChI=1S/C15H20N4O2/c1-2-19-8-9-20-13(11-19)15-17-14(21-18-15)10-16-12-6-4-3-5-7-12/h3-7,13,16H,2,8-11H2,1H3. The van der Waals surface area contributed by atoms with Crippen LogP contribution in [-0.4, -0.2) is 41.3 Å². The average Bonchev–Trinajstić information content (AvgIpc) is 3.03. The highest BCUT2D eigenvalue weighted by atomic mass is 16.5. The van der Waals surface area contributed by atoms with Crippen molar-refractivity contribution in [1.82, 2.24) is 15.0 Å². The van der Waals surface area contributed by atoms with Gasteiger partial charge in [0, 0.05) is 18.8 Å². The Bertz CT molecular complexity index is 558. The maximum Gasteiger partial charge on any atom is 0.246 e. The molecule has 2 aromatic rings. The van der Waals surface area contributed by atoms with Crippen LogP contribution >= 0.6 is 0 Å². The summed E-state index contributed by atoms with van der Waals surface area (Å²) < 4.78 is 11.0. The molecule has 1 fully saturated rings. The van der Waals surface area contributed by atoms with Crippen molar-refractivity contribution in [3.05, 3.63) is 42.0 Å². The van der Waals surface area contributed by atoms with Gasteiger partial charge in [0.2, 0.25) is 11.7 Å². The number of nitrogens with zero attached hydrogens (tertiary/aromatic N) is 3. The zero-order chi connectivity index (χ0) is 14.5. The fourth-order valence-corrected chi connectivity index (χ4v) is 2.35. The molecule has 0 amide bonds. The number of likely N-dealkylation sites (N-methyl/N-ethyl adjacent to an activating group) is 1. The Labute approximate surface area is 124 Å². The van der Waals surface area contributed by atoms with Crippen LogP contribution in [0.4, 0.5) is 5.69 Å². The highest BCUT2D eigenvalue weighted by molar-refractivity contribution is 5.42. The predicted octanol–water partition coefficient (Wildman–Crippen LogP) is 2.07. The topological polar surface area (TPSA) is 63.4 Å². The van der Waals surface area contributed by atoms with Crippen molar-refractivity contribution in [1.29, 1.82) is 0 Å². The molecule has 3 rings (SSSR count). The molecule has 0 saturated carbocycles. The number of benzene rings is 1. The van der Waals surface area contributed by atoms with Gasteiger partial charge in [-0.25, -0.2) is 0 Å². The lowest BCUT2D eigenvalue weighted by molar-refractivity contribution is -0.0334. The SMILES string of the molecule is CCN1CCOC(c2noc(CNc3ccccc3)n2)C1. The maximum atomic E-state index is 5.73. The minimum absolute atomic E-state index is 0.0899. The van der Waals surface area contributed by atoms with Gasteiger partial charge in [0.15, 0.2) is 0 Å². The molecule has 1 aliphatic heterocycles. The van der Waals surface area contributed by atoms with E-state index in [1.807, 2.05) is 30.3 Å². The number of morpholine rings is 1. The molecule has 6 heteroatoms. The van der Waals surface area contributed by atoms with E-state index in [1.165, 1.54) is 0 Å². The van der Waals surface area contributed by atoms with E-state index in [4.69, 9.17) is 9.26 Å². The number of ether oxygens (including phenoxy) is 1. The summed E-state index contributed by atoms with van der Waals surface area (Å²) in [7, 11) is 0. The Hall–Kier alpha value is -1.92. The second-order valence-electron chi connectivity index (χ2n) is 5.02. The molecule has 21 heavy (non-hydrogen) atoms. The van der Waals surface area contributed by atoms with Gasteiger partial charge in [-0.2, -0.15) is 4.98 Å². The third kappa shape index (κ3) is 3.59. The summed E-state index contributed by atoms with van der Waals surface area (Å²) in [6.07, 6.45) is -0.0899. The zero-order valence-corrected chi connectivity index (χ0v) is 12.2. The van der Waals surface area contributed by atoms with Gasteiger partial charge in [0.05, 0.1) is 13.2 Å². The highest BCUT2D eigenvalue weighted by Gasteiger charge is 2.25. The van der Waals surface area contributed by atoms with Gasteiger partial charge in [-0.15, -0.1) is 0 Å². The molecular formula is C15H20N4O2. The minimum atomic E-state index is -0.0899. The van der Waals surface area contributed by atoms with E-state index in [2.05, 4.69) is 27.3 Å². The molecule has 1 aromatic heterocycles.